The first-order chi connectivity index (χ1) is 12.7. The third kappa shape index (κ3) is 5.70. The molecule has 2 atom stereocenters. The molecular formula is C21H32IN5. The highest BCUT2D eigenvalue weighted by molar-refractivity contribution is 14.0. The highest BCUT2D eigenvalue weighted by Gasteiger charge is 2.28. The number of aliphatic imine (C=N–C) groups is 1. The minimum atomic E-state index is 0. The molecular weight excluding hydrogens is 449 g/mol. The zero-order chi connectivity index (χ0) is 18.4. The van der Waals surface area contributed by atoms with Gasteiger partial charge in [0.2, 0.25) is 0 Å². The Morgan fingerprint density at radius 3 is 2.85 bits per heavy atom. The molecule has 1 aliphatic rings. The molecule has 0 aliphatic carbocycles. The van der Waals surface area contributed by atoms with Crippen LogP contribution in [0.1, 0.15) is 37.4 Å². The van der Waals surface area contributed by atoms with Gasteiger partial charge in [-0.15, -0.1) is 24.0 Å². The smallest absolute Gasteiger partial charge is 0.193 e. The van der Waals surface area contributed by atoms with Crippen LogP contribution in [0.3, 0.4) is 0 Å². The van der Waals surface area contributed by atoms with Crippen LogP contribution in [0.25, 0.3) is 0 Å². The third-order valence-electron chi connectivity index (χ3n) is 5.36. The Kier molecular flexibility index (Phi) is 8.60. The van der Waals surface area contributed by atoms with Crippen LogP contribution in [0, 0.1) is 12.8 Å². The van der Waals surface area contributed by atoms with Gasteiger partial charge in [0, 0.05) is 38.6 Å². The SMILES string of the molecule is CCNC(=NCCc1ccccc1C)N1CCC(C)C(n2ccnc2)C1.I. The number of imidazole rings is 1. The fourth-order valence-electron chi connectivity index (χ4n) is 3.69. The summed E-state index contributed by atoms with van der Waals surface area (Å²) in [4.78, 5) is 11.6. The molecule has 0 bridgehead atoms. The van der Waals surface area contributed by atoms with Crippen molar-refractivity contribution in [2.45, 2.75) is 39.7 Å². The Morgan fingerprint density at radius 2 is 2.15 bits per heavy atom. The fraction of sp³-hybridized carbons (Fsp3) is 0.524. The average molecular weight is 481 g/mol. The van der Waals surface area contributed by atoms with E-state index in [1.54, 1.807) is 0 Å². The van der Waals surface area contributed by atoms with Gasteiger partial charge in [0.15, 0.2) is 5.96 Å². The molecule has 0 spiro atoms. The number of benzene rings is 1. The number of likely N-dealkylation sites (tertiary alicyclic amines) is 1. The summed E-state index contributed by atoms with van der Waals surface area (Å²) in [6, 6.07) is 9.03. The van der Waals surface area contributed by atoms with Gasteiger partial charge < -0.3 is 14.8 Å². The molecule has 0 amide bonds. The first kappa shape index (κ1) is 21.7. The van der Waals surface area contributed by atoms with Crippen molar-refractivity contribution in [1.82, 2.24) is 19.8 Å². The van der Waals surface area contributed by atoms with Gasteiger partial charge in [-0.3, -0.25) is 4.99 Å². The molecule has 148 valence electrons. The number of hydrogen-bond acceptors (Lipinski definition) is 2. The topological polar surface area (TPSA) is 45.5 Å². The largest absolute Gasteiger partial charge is 0.357 e. The lowest BCUT2D eigenvalue weighted by molar-refractivity contribution is 0.189. The minimum absolute atomic E-state index is 0. The maximum Gasteiger partial charge on any atom is 0.193 e. The summed E-state index contributed by atoms with van der Waals surface area (Å²) in [5.74, 6) is 1.69. The normalized spacial score (nSPS) is 20.3. The van der Waals surface area contributed by atoms with E-state index in [0.717, 1.165) is 38.6 Å². The Labute approximate surface area is 180 Å². The maximum atomic E-state index is 4.92. The lowest BCUT2D eigenvalue weighted by Crippen LogP contribution is -2.49. The zero-order valence-electron chi connectivity index (χ0n) is 16.6. The minimum Gasteiger partial charge on any atom is -0.357 e. The van der Waals surface area contributed by atoms with E-state index in [1.807, 2.05) is 12.5 Å². The predicted octanol–water partition coefficient (Wildman–Crippen LogP) is 3.90. The molecule has 1 fully saturated rings. The van der Waals surface area contributed by atoms with Crippen LogP contribution in [-0.2, 0) is 6.42 Å². The van der Waals surface area contributed by atoms with E-state index in [0.29, 0.717) is 12.0 Å². The quantitative estimate of drug-likeness (QED) is 0.401. The van der Waals surface area contributed by atoms with E-state index in [2.05, 4.69) is 71.0 Å². The van der Waals surface area contributed by atoms with Crippen molar-refractivity contribution in [3.05, 3.63) is 54.1 Å². The van der Waals surface area contributed by atoms with E-state index in [9.17, 15) is 0 Å². The number of aromatic nitrogens is 2. The summed E-state index contributed by atoms with van der Waals surface area (Å²) in [6.07, 6.45) is 8.04. The molecule has 5 nitrogen and oxygen atoms in total. The van der Waals surface area contributed by atoms with Gasteiger partial charge in [-0.2, -0.15) is 0 Å². The summed E-state index contributed by atoms with van der Waals surface area (Å²) in [7, 11) is 0. The first-order valence-corrected chi connectivity index (χ1v) is 9.74. The highest BCUT2D eigenvalue weighted by atomic mass is 127. The number of aryl methyl sites for hydroxylation is 1. The predicted molar refractivity (Wildman–Crippen MR) is 123 cm³/mol. The van der Waals surface area contributed by atoms with Gasteiger partial charge in [0.05, 0.1) is 12.4 Å². The van der Waals surface area contributed by atoms with Gasteiger partial charge in [0.25, 0.3) is 0 Å². The number of rotatable bonds is 5. The monoisotopic (exact) mass is 481 g/mol. The zero-order valence-corrected chi connectivity index (χ0v) is 19.0. The van der Waals surface area contributed by atoms with Crippen molar-refractivity contribution in [1.29, 1.82) is 0 Å². The van der Waals surface area contributed by atoms with E-state index in [4.69, 9.17) is 4.99 Å². The van der Waals surface area contributed by atoms with Crippen LogP contribution in [0.15, 0.2) is 48.0 Å². The van der Waals surface area contributed by atoms with Crippen LogP contribution in [0.2, 0.25) is 0 Å². The van der Waals surface area contributed by atoms with Crippen LogP contribution in [0.4, 0.5) is 0 Å². The molecule has 1 aliphatic heterocycles. The standard InChI is InChI=1S/C21H31N5.HI/c1-4-23-21(24-11-9-19-8-6-5-7-17(19)2)25-13-10-18(3)20(15-25)26-14-12-22-16-26;/h5-8,12,14,16,18,20H,4,9-11,13,15H2,1-3H3,(H,23,24);1H. The molecule has 6 heteroatoms. The van der Waals surface area contributed by atoms with Crippen molar-refractivity contribution >= 4 is 29.9 Å². The molecule has 1 aromatic heterocycles. The van der Waals surface area contributed by atoms with E-state index >= 15 is 0 Å². The van der Waals surface area contributed by atoms with E-state index < -0.39 is 0 Å². The molecule has 1 N–H and O–H groups in total. The number of halogens is 1. The highest BCUT2D eigenvalue weighted by Crippen LogP contribution is 2.27. The Bertz CT molecular complexity index is 713. The van der Waals surface area contributed by atoms with E-state index in [-0.39, 0.29) is 24.0 Å². The van der Waals surface area contributed by atoms with Crippen LogP contribution in [-0.4, -0.2) is 46.6 Å². The summed E-state index contributed by atoms with van der Waals surface area (Å²) in [5, 5.41) is 3.48. The molecule has 27 heavy (non-hydrogen) atoms. The van der Waals surface area contributed by atoms with Crippen molar-refractivity contribution in [3.63, 3.8) is 0 Å². The lowest BCUT2D eigenvalue weighted by Gasteiger charge is -2.39. The number of piperidine rings is 1. The number of nitrogens with zero attached hydrogens (tertiary/aromatic N) is 4. The van der Waals surface area contributed by atoms with Crippen LogP contribution < -0.4 is 5.32 Å². The Morgan fingerprint density at radius 1 is 1.33 bits per heavy atom. The van der Waals surface area contributed by atoms with Crippen LogP contribution >= 0.6 is 24.0 Å². The first-order valence-electron chi connectivity index (χ1n) is 9.74. The molecule has 1 aromatic carbocycles. The van der Waals surface area contributed by atoms with Gasteiger partial charge in [-0.1, -0.05) is 31.2 Å². The molecule has 2 heterocycles. The Balaban J connectivity index is 0.00000261. The van der Waals surface area contributed by atoms with Crippen molar-refractivity contribution in [3.8, 4) is 0 Å². The van der Waals surface area contributed by atoms with E-state index in [1.165, 1.54) is 17.5 Å². The summed E-state index contributed by atoms with van der Waals surface area (Å²) < 4.78 is 2.24. The summed E-state index contributed by atoms with van der Waals surface area (Å²) >= 11 is 0. The van der Waals surface area contributed by atoms with Crippen molar-refractivity contribution < 1.29 is 0 Å². The second kappa shape index (κ2) is 10.7. The van der Waals surface area contributed by atoms with Gasteiger partial charge >= 0.3 is 0 Å². The maximum absolute atomic E-state index is 4.92. The molecule has 2 unspecified atom stereocenters. The Hall–Kier alpha value is -1.57. The van der Waals surface area contributed by atoms with Crippen molar-refractivity contribution in [2.75, 3.05) is 26.2 Å². The average Bonchev–Trinajstić information content (AvgIpc) is 3.17. The van der Waals surface area contributed by atoms with Crippen LogP contribution in [0.5, 0.6) is 0 Å². The van der Waals surface area contributed by atoms with Crippen molar-refractivity contribution in [2.24, 2.45) is 10.9 Å². The number of hydrogen-bond donors (Lipinski definition) is 1. The number of nitrogens with one attached hydrogen (secondary N) is 1. The van der Waals surface area contributed by atoms with Gasteiger partial charge in [0.1, 0.15) is 0 Å². The molecule has 3 rings (SSSR count). The second-order valence-corrected chi connectivity index (χ2v) is 7.20. The second-order valence-electron chi connectivity index (χ2n) is 7.20. The summed E-state index contributed by atoms with van der Waals surface area (Å²) in [5.41, 5.74) is 2.73. The molecule has 0 radical (unpaired) electrons. The van der Waals surface area contributed by atoms with Gasteiger partial charge in [-0.25, -0.2) is 4.98 Å². The third-order valence-corrected chi connectivity index (χ3v) is 5.36. The van der Waals surface area contributed by atoms with Gasteiger partial charge in [-0.05, 0) is 43.7 Å². The molecule has 0 saturated carbocycles. The number of guanidine groups is 1. The molecule has 2 aromatic rings. The lowest BCUT2D eigenvalue weighted by atomic mass is 9.93. The summed E-state index contributed by atoms with van der Waals surface area (Å²) in [6.45, 7) is 10.4. The fourth-order valence-corrected chi connectivity index (χ4v) is 3.69. The molecule has 1 saturated heterocycles.